The maximum atomic E-state index is 12.1. The van der Waals surface area contributed by atoms with Crippen LogP contribution in [-0.4, -0.2) is 23.2 Å². The summed E-state index contributed by atoms with van der Waals surface area (Å²) >= 11 is 3.25. The third-order valence-corrected chi connectivity index (χ3v) is 5.65. The van der Waals surface area contributed by atoms with Gasteiger partial charge in [-0.1, -0.05) is 35.9 Å². The van der Waals surface area contributed by atoms with E-state index in [2.05, 4.69) is 22.4 Å². The normalized spacial score (nSPS) is 10.6. The molecule has 0 fully saturated rings. The summed E-state index contributed by atoms with van der Waals surface area (Å²) in [6, 6.07) is 18.1. The zero-order chi connectivity index (χ0) is 18.9. The molecule has 0 aliphatic rings. The number of ether oxygens (including phenoxy) is 1. The second-order valence-corrected chi connectivity index (χ2v) is 8.13. The number of aromatic nitrogens is 1. The molecule has 0 saturated heterocycles. The number of carbonyl (C=O) groups is 1. The maximum Gasteiger partial charge on any atom is 0.226 e. The van der Waals surface area contributed by atoms with Crippen LogP contribution in [0.15, 0.2) is 64.9 Å². The predicted molar refractivity (Wildman–Crippen MR) is 112 cm³/mol. The van der Waals surface area contributed by atoms with E-state index in [0.29, 0.717) is 19.6 Å². The number of rotatable bonds is 9. The van der Waals surface area contributed by atoms with Gasteiger partial charge >= 0.3 is 0 Å². The molecular formula is C21H22N2O2S2. The molecular weight excluding hydrogens is 376 g/mol. The van der Waals surface area contributed by atoms with Gasteiger partial charge in [0.25, 0.3) is 0 Å². The van der Waals surface area contributed by atoms with Gasteiger partial charge in [-0.3, -0.25) is 4.79 Å². The fourth-order valence-electron chi connectivity index (χ4n) is 2.38. The zero-order valence-corrected chi connectivity index (χ0v) is 16.8. The van der Waals surface area contributed by atoms with Gasteiger partial charge in [-0.2, -0.15) is 0 Å². The van der Waals surface area contributed by atoms with Crippen molar-refractivity contribution in [1.29, 1.82) is 0 Å². The molecule has 0 atom stereocenters. The zero-order valence-electron chi connectivity index (χ0n) is 15.2. The first-order chi connectivity index (χ1) is 13.2. The fourth-order valence-corrected chi connectivity index (χ4v) is 3.87. The number of thiazole rings is 1. The average Bonchev–Trinajstić information content (AvgIpc) is 3.13. The van der Waals surface area contributed by atoms with E-state index in [-0.39, 0.29) is 5.91 Å². The van der Waals surface area contributed by atoms with Gasteiger partial charge < -0.3 is 10.1 Å². The molecule has 0 saturated carbocycles. The van der Waals surface area contributed by atoms with E-state index < -0.39 is 0 Å². The molecule has 0 aliphatic carbocycles. The number of carbonyl (C=O) groups excluding carboxylic acids is 1. The summed E-state index contributed by atoms with van der Waals surface area (Å²) < 4.78 is 5.73. The van der Waals surface area contributed by atoms with Crippen molar-refractivity contribution < 1.29 is 9.53 Å². The predicted octanol–water partition coefficient (Wildman–Crippen LogP) is 4.48. The second-order valence-electron chi connectivity index (χ2n) is 6.02. The van der Waals surface area contributed by atoms with Crippen LogP contribution in [0.2, 0.25) is 0 Å². The van der Waals surface area contributed by atoms with Crippen LogP contribution in [0.4, 0.5) is 0 Å². The average molecular weight is 399 g/mol. The van der Waals surface area contributed by atoms with Gasteiger partial charge in [0, 0.05) is 22.6 Å². The number of amides is 1. The molecule has 6 heteroatoms. The number of hydrogen-bond donors (Lipinski definition) is 1. The Balaban J connectivity index is 1.36. The topological polar surface area (TPSA) is 51.2 Å². The van der Waals surface area contributed by atoms with Gasteiger partial charge in [0.2, 0.25) is 5.91 Å². The third kappa shape index (κ3) is 6.73. The van der Waals surface area contributed by atoms with Crippen LogP contribution in [0, 0.1) is 6.92 Å². The van der Waals surface area contributed by atoms with E-state index in [4.69, 9.17) is 4.74 Å². The minimum absolute atomic E-state index is 0.0000328. The highest BCUT2D eigenvalue weighted by Crippen LogP contribution is 2.17. The van der Waals surface area contributed by atoms with Gasteiger partial charge in [0.05, 0.1) is 12.1 Å². The lowest BCUT2D eigenvalue weighted by Gasteiger charge is -2.05. The van der Waals surface area contributed by atoms with E-state index in [9.17, 15) is 4.79 Å². The van der Waals surface area contributed by atoms with Gasteiger partial charge in [-0.05, 0) is 31.2 Å². The molecule has 140 valence electrons. The first-order valence-corrected chi connectivity index (χ1v) is 10.6. The third-order valence-electron chi connectivity index (χ3n) is 3.76. The molecule has 2 aromatic carbocycles. The van der Waals surface area contributed by atoms with E-state index in [1.807, 2.05) is 54.8 Å². The molecule has 3 rings (SSSR count). The Morgan fingerprint density at radius 2 is 1.93 bits per heavy atom. The fraction of sp³-hybridized carbons (Fsp3) is 0.238. The molecule has 0 unspecified atom stereocenters. The number of benzene rings is 2. The summed E-state index contributed by atoms with van der Waals surface area (Å²) in [6.07, 6.45) is 0.303. The molecule has 4 nitrogen and oxygen atoms in total. The standard InChI is InChI=1S/C21H22N2O2S2/c1-16-7-9-18(10-8-16)25-14-21-23-17(15-27-21)13-20(24)22-11-12-26-19-5-3-2-4-6-19/h2-10,15H,11-14H2,1H3,(H,22,24). The van der Waals surface area contributed by atoms with Crippen LogP contribution >= 0.6 is 23.1 Å². The molecule has 0 bridgehead atoms. The summed E-state index contributed by atoms with van der Waals surface area (Å²) in [5, 5.41) is 5.74. The van der Waals surface area contributed by atoms with Crippen LogP contribution < -0.4 is 10.1 Å². The molecule has 1 heterocycles. The quantitative estimate of drug-likeness (QED) is 0.426. The molecule has 0 radical (unpaired) electrons. The molecule has 0 aliphatic heterocycles. The van der Waals surface area contributed by atoms with Crippen molar-refractivity contribution in [2.24, 2.45) is 0 Å². The van der Waals surface area contributed by atoms with Crippen molar-refractivity contribution in [2.45, 2.75) is 24.8 Å². The van der Waals surface area contributed by atoms with Crippen LogP contribution in [-0.2, 0) is 17.8 Å². The monoisotopic (exact) mass is 398 g/mol. The Labute approximate surface area is 168 Å². The molecule has 3 aromatic rings. The first-order valence-electron chi connectivity index (χ1n) is 8.76. The Kier molecular flexibility index (Phi) is 7.30. The van der Waals surface area contributed by atoms with Crippen molar-refractivity contribution in [2.75, 3.05) is 12.3 Å². The van der Waals surface area contributed by atoms with E-state index >= 15 is 0 Å². The van der Waals surface area contributed by atoms with Gasteiger partial charge in [-0.15, -0.1) is 23.1 Å². The van der Waals surface area contributed by atoms with Crippen LogP contribution in [0.3, 0.4) is 0 Å². The van der Waals surface area contributed by atoms with Gasteiger partial charge in [-0.25, -0.2) is 4.98 Å². The molecule has 1 N–H and O–H groups in total. The SMILES string of the molecule is Cc1ccc(OCc2nc(CC(=O)NCCSc3ccccc3)cs2)cc1. The lowest BCUT2D eigenvalue weighted by Crippen LogP contribution is -2.27. The number of hydrogen-bond acceptors (Lipinski definition) is 5. The van der Waals surface area contributed by atoms with Crippen molar-refractivity contribution in [3.05, 3.63) is 76.2 Å². The maximum absolute atomic E-state index is 12.1. The van der Waals surface area contributed by atoms with Gasteiger partial charge in [0.1, 0.15) is 17.4 Å². The van der Waals surface area contributed by atoms with Gasteiger partial charge in [0.15, 0.2) is 0 Å². The second kappa shape index (κ2) is 10.1. The van der Waals surface area contributed by atoms with Crippen molar-refractivity contribution in [3.63, 3.8) is 0 Å². The summed E-state index contributed by atoms with van der Waals surface area (Å²) in [5.74, 6) is 1.67. The molecule has 27 heavy (non-hydrogen) atoms. The van der Waals surface area contributed by atoms with E-state index in [1.54, 1.807) is 11.8 Å². The highest BCUT2D eigenvalue weighted by Gasteiger charge is 2.08. The summed E-state index contributed by atoms with van der Waals surface area (Å²) in [6.45, 7) is 3.11. The first kappa shape index (κ1) is 19.5. The lowest BCUT2D eigenvalue weighted by molar-refractivity contribution is -0.120. The van der Waals surface area contributed by atoms with Crippen LogP contribution in [0.1, 0.15) is 16.3 Å². The van der Waals surface area contributed by atoms with Crippen LogP contribution in [0.5, 0.6) is 5.75 Å². The highest BCUT2D eigenvalue weighted by atomic mass is 32.2. The van der Waals surface area contributed by atoms with Crippen molar-refractivity contribution >= 4 is 29.0 Å². The number of thioether (sulfide) groups is 1. The highest BCUT2D eigenvalue weighted by molar-refractivity contribution is 7.99. The summed E-state index contributed by atoms with van der Waals surface area (Å²) in [5.41, 5.74) is 1.99. The number of nitrogens with one attached hydrogen (secondary N) is 1. The molecule has 1 amide bonds. The number of nitrogens with zero attached hydrogens (tertiary/aromatic N) is 1. The lowest BCUT2D eigenvalue weighted by atomic mass is 10.2. The van der Waals surface area contributed by atoms with E-state index in [0.717, 1.165) is 22.2 Å². The van der Waals surface area contributed by atoms with E-state index in [1.165, 1.54) is 21.8 Å². The van der Waals surface area contributed by atoms with Crippen molar-refractivity contribution in [1.82, 2.24) is 10.3 Å². The minimum atomic E-state index is -0.0000328. The minimum Gasteiger partial charge on any atom is -0.486 e. The summed E-state index contributed by atoms with van der Waals surface area (Å²) in [4.78, 5) is 17.8. The van der Waals surface area contributed by atoms with Crippen LogP contribution in [0.25, 0.3) is 0 Å². The number of aryl methyl sites for hydroxylation is 1. The Morgan fingerprint density at radius 3 is 2.70 bits per heavy atom. The summed E-state index contributed by atoms with van der Waals surface area (Å²) in [7, 11) is 0. The Hall–Kier alpha value is -2.31. The Bertz CT molecular complexity index is 848. The Morgan fingerprint density at radius 1 is 1.15 bits per heavy atom. The molecule has 0 spiro atoms. The van der Waals surface area contributed by atoms with Crippen molar-refractivity contribution in [3.8, 4) is 5.75 Å². The molecule has 1 aromatic heterocycles. The smallest absolute Gasteiger partial charge is 0.226 e. The largest absolute Gasteiger partial charge is 0.486 e.